The highest BCUT2D eigenvalue weighted by Crippen LogP contribution is 2.20. The fraction of sp³-hybridized carbons (Fsp3) is 0.533. The monoisotopic (exact) mass is 303 g/mol. The number of hydrogen-bond donors (Lipinski definition) is 1. The number of carbonyl (C=O) groups is 1. The molecule has 7 heteroatoms. The second-order valence-corrected chi connectivity index (χ2v) is 5.46. The van der Waals surface area contributed by atoms with Crippen molar-refractivity contribution >= 4 is 5.91 Å². The largest absolute Gasteiger partial charge is 0.380 e. The van der Waals surface area contributed by atoms with Crippen LogP contribution < -0.4 is 0 Å². The third-order valence-electron chi connectivity index (χ3n) is 3.96. The van der Waals surface area contributed by atoms with Crippen molar-refractivity contribution < 1.29 is 9.53 Å². The van der Waals surface area contributed by atoms with Crippen molar-refractivity contribution in [1.82, 2.24) is 24.6 Å². The molecule has 1 N–H and O–H groups in total. The second-order valence-electron chi connectivity index (χ2n) is 5.46. The van der Waals surface area contributed by atoms with Gasteiger partial charge in [0.15, 0.2) is 0 Å². The van der Waals surface area contributed by atoms with E-state index >= 15 is 0 Å². The van der Waals surface area contributed by atoms with Crippen LogP contribution in [0.25, 0.3) is 0 Å². The van der Waals surface area contributed by atoms with Crippen LogP contribution in [-0.4, -0.2) is 49.8 Å². The number of rotatable bonds is 4. The molecule has 1 atom stereocenters. The summed E-state index contributed by atoms with van der Waals surface area (Å²) < 4.78 is 7.54. The van der Waals surface area contributed by atoms with Gasteiger partial charge in [-0.3, -0.25) is 9.48 Å². The Labute approximate surface area is 129 Å². The molecule has 0 radical (unpaired) electrons. The van der Waals surface area contributed by atoms with Gasteiger partial charge in [-0.1, -0.05) is 0 Å². The Balaban J connectivity index is 1.86. The Bertz CT molecular complexity index is 648. The summed E-state index contributed by atoms with van der Waals surface area (Å²) in [6.07, 6.45) is 4.20. The Hall–Kier alpha value is -2.15. The molecule has 3 rings (SSSR count). The van der Waals surface area contributed by atoms with E-state index in [4.69, 9.17) is 4.74 Å². The van der Waals surface area contributed by atoms with E-state index in [1.165, 1.54) is 0 Å². The predicted molar refractivity (Wildman–Crippen MR) is 80.3 cm³/mol. The van der Waals surface area contributed by atoms with Gasteiger partial charge in [-0.2, -0.15) is 5.10 Å². The van der Waals surface area contributed by atoms with Crippen molar-refractivity contribution in [2.45, 2.75) is 39.4 Å². The molecule has 0 bridgehead atoms. The highest BCUT2D eigenvalue weighted by Gasteiger charge is 2.29. The van der Waals surface area contributed by atoms with Gasteiger partial charge >= 0.3 is 0 Å². The maximum absolute atomic E-state index is 12.8. The van der Waals surface area contributed by atoms with E-state index in [-0.39, 0.29) is 11.9 Å². The summed E-state index contributed by atoms with van der Waals surface area (Å²) >= 11 is 0. The highest BCUT2D eigenvalue weighted by atomic mass is 16.5. The van der Waals surface area contributed by atoms with Gasteiger partial charge < -0.3 is 14.6 Å². The zero-order valence-electron chi connectivity index (χ0n) is 13.0. The first-order chi connectivity index (χ1) is 10.7. The van der Waals surface area contributed by atoms with Gasteiger partial charge in [-0.05, 0) is 26.3 Å². The number of aryl methyl sites for hydroxylation is 2. The molecule has 1 aliphatic heterocycles. The number of amides is 1. The van der Waals surface area contributed by atoms with Crippen molar-refractivity contribution in [3.8, 4) is 0 Å². The van der Waals surface area contributed by atoms with Crippen molar-refractivity contribution in [2.24, 2.45) is 0 Å². The quantitative estimate of drug-likeness (QED) is 0.925. The standard InChI is InChI=1S/C15H21N5O2/c1-3-22-10-13-5-7-20-12(4-6-17-20)9-19(13)15(21)14-8-16-11(2)18-14/h4,6,8,13H,3,5,7,9-10H2,1-2H3,(H,16,18)/t13-/m0/s1. The topological polar surface area (TPSA) is 76.0 Å². The summed E-state index contributed by atoms with van der Waals surface area (Å²) in [6, 6.07) is 2.00. The molecule has 2 aromatic heterocycles. The Morgan fingerprint density at radius 3 is 3.14 bits per heavy atom. The Morgan fingerprint density at radius 1 is 1.55 bits per heavy atom. The average Bonchev–Trinajstić information content (AvgIpc) is 3.10. The third-order valence-corrected chi connectivity index (χ3v) is 3.96. The van der Waals surface area contributed by atoms with E-state index in [0.29, 0.717) is 25.5 Å². The fourth-order valence-corrected chi connectivity index (χ4v) is 2.78. The SMILES string of the molecule is CCOC[C@@H]1CCn2nccc2CN1C(=O)c1cnc(C)[nH]1. The fourth-order valence-electron chi connectivity index (χ4n) is 2.78. The molecule has 3 heterocycles. The smallest absolute Gasteiger partial charge is 0.272 e. The highest BCUT2D eigenvalue weighted by molar-refractivity contribution is 5.92. The van der Waals surface area contributed by atoms with Crippen LogP contribution in [0.2, 0.25) is 0 Å². The number of hydrogen-bond acceptors (Lipinski definition) is 4. The molecule has 0 fully saturated rings. The van der Waals surface area contributed by atoms with E-state index in [0.717, 1.165) is 24.5 Å². The van der Waals surface area contributed by atoms with E-state index in [1.807, 2.05) is 29.5 Å². The van der Waals surface area contributed by atoms with E-state index in [2.05, 4.69) is 15.1 Å². The zero-order valence-corrected chi connectivity index (χ0v) is 13.0. The van der Waals surface area contributed by atoms with E-state index in [9.17, 15) is 4.79 Å². The van der Waals surface area contributed by atoms with Crippen LogP contribution >= 0.6 is 0 Å². The van der Waals surface area contributed by atoms with Crippen LogP contribution in [0.5, 0.6) is 0 Å². The van der Waals surface area contributed by atoms with Gasteiger partial charge in [0.25, 0.3) is 5.91 Å². The molecular weight excluding hydrogens is 282 g/mol. The summed E-state index contributed by atoms with van der Waals surface area (Å²) in [5, 5.41) is 4.32. The number of fused-ring (bicyclic) bond motifs is 1. The minimum atomic E-state index is -0.0417. The maximum Gasteiger partial charge on any atom is 0.272 e. The molecule has 22 heavy (non-hydrogen) atoms. The number of carbonyl (C=O) groups excluding carboxylic acids is 1. The number of H-pyrrole nitrogens is 1. The molecule has 7 nitrogen and oxygen atoms in total. The van der Waals surface area contributed by atoms with Crippen LogP contribution in [0.4, 0.5) is 0 Å². The molecule has 0 spiro atoms. The van der Waals surface area contributed by atoms with E-state index in [1.54, 1.807) is 12.4 Å². The second kappa shape index (κ2) is 6.31. The minimum Gasteiger partial charge on any atom is -0.380 e. The van der Waals surface area contributed by atoms with Gasteiger partial charge in [-0.15, -0.1) is 0 Å². The van der Waals surface area contributed by atoms with Crippen LogP contribution in [0.3, 0.4) is 0 Å². The van der Waals surface area contributed by atoms with Gasteiger partial charge in [0.2, 0.25) is 0 Å². The molecule has 0 saturated carbocycles. The van der Waals surface area contributed by atoms with E-state index < -0.39 is 0 Å². The molecular formula is C15H21N5O2. The lowest BCUT2D eigenvalue weighted by atomic mass is 10.1. The lowest BCUT2D eigenvalue weighted by Gasteiger charge is -2.29. The summed E-state index contributed by atoms with van der Waals surface area (Å²) in [5.74, 6) is 0.699. The lowest BCUT2D eigenvalue weighted by Crippen LogP contribution is -2.42. The van der Waals surface area contributed by atoms with Gasteiger partial charge in [0.1, 0.15) is 11.5 Å². The van der Waals surface area contributed by atoms with Gasteiger partial charge in [-0.25, -0.2) is 4.98 Å². The van der Waals surface area contributed by atoms with Crippen LogP contribution in [0.15, 0.2) is 18.5 Å². The molecule has 1 aliphatic rings. The molecule has 2 aromatic rings. The number of nitrogens with one attached hydrogen (secondary N) is 1. The normalized spacial score (nSPS) is 18.1. The van der Waals surface area contributed by atoms with Crippen molar-refractivity contribution in [1.29, 1.82) is 0 Å². The number of ether oxygens (including phenoxy) is 1. The average molecular weight is 303 g/mol. The van der Waals surface area contributed by atoms with Crippen molar-refractivity contribution in [2.75, 3.05) is 13.2 Å². The summed E-state index contributed by atoms with van der Waals surface area (Å²) in [7, 11) is 0. The zero-order chi connectivity index (χ0) is 15.5. The molecule has 0 saturated heterocycles. The van der Waals surface area contributed by atoms with Crippen LogP contribution in [-0.2, 0) is 17.8 Å². The van der Waals surface area contributed by atoms with Crippen LogP contribution in [0, 0.1) is 6.92 Å². The number of aromatic nitrogens is 4. The Morgan fingerprint density at radius 2 is 2.41 bits per heavy atom. The van der Waals surface area contributed by atoms with Gasteiger partial charge in [0, 0.05) is 19.3 Å². The number of nitrogens with zero attached hydrogens (tertiary/aromatic N) is 4. The molecule has 0 aliphatic carbocycles. The number of imidazole rings is 1. The molecule has 118 valence electrons. The summed E-state index contributed by atoms with van der Waals surface area (Å²) in [6.45, 7) is 6.32. The van der Waals surface area contributed by atoms with Crippen LogP contribution in [0.1, 0.15) is 35.4 Å². The van der Waals surface area contributed by atoms with Gasteiger partial charge in [0.05, 0.1) is 31.1 Å². The van der Waals surface area contributed by atoms with Crippen molar-refractivity contribution in [3.05, 3.63) is 35.7 Å². The Kier molecular flexibility index (Phi) is 4.24. The minimum absolute atomic E-state index is 0.0396. The van der Waals surface area contributed by atoms with Crippen molar-refractivity contribution in [3.63, 3.8) is 0 Å². The molecule has 0 aromatic carbocycles. The molecule has 0 unspecified atom stereocenters. The third kappa shape index (κ3) is 2.89. The summed E-state index contributed by atoms with van der Waals surface area (Å²) in [5.41, 5.74) is 1.57. The first-order valence-electron chi connectivity index (χ1n) is 7.60. The predicted octanol–water partition coefficient (Wildman–Crippen LogP) is 1.37. The first-order valence-corrected chi connectivity index (χ1v) is 7.60. The molecule has 1 amide bonds. The lowest BCUT2D eigenvalue weighted by molar-refractivity contribution is 0.0418. The first kappa shape index (κ1) is 14.8. The maximum atomic E-state index is 12.8. The number of aromatic amines is 1. The summed E-state index contributed by atoms with van der Waals surface area (Å²) in [4.78, 5) is 21.9.